The first-order valence-electron chi connectivity index (χ1n) is 3.04. The number of nitrogens with zero attached hydrogens (tertiary/aromatic N) is 3. The molecule has 0 aliphatic carbocycles. The van der Waals surface area contributed by atoms with Crippen LogP contribution in [0.3, 0.4) is 0 Å². The minimum atomic E-state index is -3.32. The zero-order valence-corrected chi connectivity index (χ0v) is 7.87. The van der Waals surface area contributed by atoms with Crippen LogP contribution >= 0.6 is 0 Å². The molecule has 12 heavy (non-hydrogen) atoms. The Kier molecular flexibility index (Phi) is 3.62. The molecule has 0 saturated heterocycles. The van der Waals surface area contributed by atoms with E-state index in [0.717, 1.165) is 6.26 Å². The molecule has 0 bridgehead atoms. The molecule has 0 radical (unpaired) electrons. The second-order valence-electron chi connectivity index (χ2n) is 2.11. The van der Waals surface area contributed by atoms with E-state index in [-0.39, 0.29) is 5.03 Å². The summed E-state index contributed by atoms with van der Waals surface area (Å²) in [6.07, 6.45) is 2.40. The van der Waals surface area contributed by atoms with Crippen LogP contribution < -0.4 is 0 Å². The van der Waals surface area contributed by atoms with E-state index >= 15 is 0 Å². The molecule has 0 rings (SSSR count). The fraction of sp³-hybridized carbons (Fsp3) is 0.333. The predicted octanol–water partition coefficient (Wildman–Crippen LogP) is 0.945. The van der Waals surface area contributed by atoms with Gasteiger partial charge in [-0.1, -0.05) is 18.4 Å². The molecule has 0 aliphatic heterocycles. The first-order valence-corrected chi connectivity index (χ1v) is 4.93. The largest absolute Gasteiger partial charge is 0.258 e. The number of sulfone groups is 1. The Bertz CT molecular complexity index is 305. The van der Waals surface area contributed by atoms with Crippen LogP contribution in [-0.2, 0) is 9.84 Å². The van der Waals surface area contributed by atoms with Crippen molar-refractivity contribution < 1.29 is 8.42 Å². The Hall–Kier alpha value is -1.17. The quantitative estimate of drug-likeness (QED) is 0.488. The van der Waals surface area contributed by atoms with E-state index in [1.807, 2.05) is 0 Å². The summed E-state index contributed by atoms with van der Waals surface area (Å²) in [6.45, 7) is 6.62. The Morgan fingerprint density at radius 1 is 1.58 bits per heavy atom. The highest BCUT2D eigenvalue weighted by atomic mass is 32.2. The van der Waals surface area contributed by atoms with Crippen molar-refractivity contribution in [2.75, 3.05) is 13.3 Å². The van der Waals surface area contributed by atoms with Crippen LogP contribution in [-0.4, -0.2) is 26.7 Å². The number of hydrogen-bond donors (Lipinski definition) is 0. The van der Waals surface area contributed by atoms with Gasteiger partial charge in [0, 0.05) is 19.5 Å². The fourth-order valence-electron chi connectivity index (χ4n) is 0.231. The Morgan fingerprint density at radius 3 is 2.42 bits per heavy atom. The van der Waals surface area contributed by atoms with Crippen LogP contribution in [0.1, 0.15) is 0 Å². The van der Waals surface area contributed by atoms with Gasteiger partial charge >= 0.3 is 0 Å². The Morgan fingerprint density at radius 2 is 2.08 bits per heavy atom. The molecule has 68 valence electrons. The molecule has 0 spiro atoms. The molecular weight excluding hydrogens is 178 g/mol. The highest BCUT2D eigenvalue weighted by Crippen LogP contribution is 2.03. The van der Waals surface area contributed by atoms with Crippen LogP contribution in [0, 0.1) is 0 Å². The molecule has 0 aromatic heterocycles. The molecule has 0 saturated carbocycles. The second-order valence-corrected chi connectivity index (χ2v) is 4.13. The molecule has 0 atom stereocenters. The van der Waals surface area contributed by atoms with Crippen molar-refractivity contribution in [3.63, 3.8) is 0 Å². The lowest BCUT2D eigenvalue weighted by Gasteiger charge is -2.01. The van der Waals surface area contributed by atoms with Gasteiger partial charge in [0.25, 0.3) is 0 Å². The summed E-state index contributed by atoms with van der Waals surface area (Å²) in [6, 6.07) is 0. The number of rotatable bonds is 4. The molecule has 6 heteroatoms. The normalized spacial score (nSPS) is 11.5. The first-order chi connectivity index (χ1) is 5.38. The average Bonchev–Trinajstić information content (AvgIpc) is 1.97. The maximum atomic E-state index is 10.7. The van der Waals surface area contributed by atoms with Gasteiger partial charge in [-0.3, -0.25) is 5.01 Å². The molecule has 0 aromatic carbocycles. The molecular formula is C6H11N3O2S. The zero-order valence-electron chi connectivity index (χ0n) is 7.06. The van der Waals surface area contributed by atoms with E-state index in [1.165, 1.54) is 11.2 Å². The van der Waals surface area contributed by atoms with Crippen LogP contribution in [0.4, 0.5) is 0 Å². The van der Waals surface area contributed by atoms with Crippen molar-refractivity contribution in [3.8, 4) is 0 Å². The standard InChI is InChI=1S/C6H11N3O2S/c1-5-9(3)8-7-6(2)12(4,10)11/h5H,1-2H2,3-4H3/b8-7-. The van der Waals surface area contributed by atoms with Crippen LogP contribution in [0.15, 0.2) is 34.7 Å². The third-order valence-electron chi connectivity index (χ3n) is 0.990. The van der Waals surface area contributed by atoms with Crippen molar-refractivity contribution in [3.05, 3.63) is 24.4 Å². The van der Waals surface area contributed by atoms with E-state index in [4.69, 9.17) is 0 Å². The highest BCUT2D eigenvalue weighted by molar-refractivity contribution is 7.94. The minimum Gasteiger partial charge on any atom is -0.258 e. The molecule has 0 unspecified atom stereocenters. The molecule has 0 aliphatic rings. The van der Waals surface area contributed by atoms with E-state index < -0.39 is 9.84 Å². The second kappa shape index (κ2) is 4.01. The Balaban J connectivity index is 4.39. The van der Waals surface area contributed by atoms with Gasteiger partial charge in [-0.15, -0.1) is 5.11 Å². The van der Waals surface area contributed by atoms with Crippen molar-refractivity contribution >= 4 is 9.84 Å². The van der Waals surface area contributed by atoms with Crippen LogP contribution in [0.2, 0.25) is 0 Å². The van der Waals surface area contributed by atoms with E-state index in [2.05, 4.69) is 23.5 Å². The summed E-state index contributed by atoms with van der Waals surface area (Å²) in [5.74, 6) is 0. The molecule has 0 aromatic rings. The summed E-state index contributed by atoms with van der Waals surface area (Å²) in [4.78, 5) is 0. The van der Waals surface area contributed by atoms with Gasteiger partial charge in [-0.05, 0) is 0 Å². The zero-order chi connectivity index (χ0) is 9.78. The van der Waals surface area contributed by atoms with Crippen molar-refractivity contribution in [1.29, 1.82) is 0 Å². The van der Waals surface area contributed by atoms with Crippen molar-refractivity contribution in [2.24, 2.45) is 10.3 Å². The number of hydrogen-bond acceptors (Lipinski definition) is 4. The minimum absolute atomic E-state index is 0.267. The molecule has 0 heterocycles. The van der Waals surface area contributed by atoms with Crippen LogP contribution in [0.5, 0.6) is 0 Å². The predicted molar refractivity (Wildman–Crippen MR) is 46.8 cm³/mol. The van der Waals surface area contributed by atoms with Crippen molar-refractivity contribution in [2.45, 2.75) is 0 Å². The third-order valence-corrected chi connectivity index (χ3v) is 1.93. The van der Waals surface area contributed by atoms with Crippen molar-refractivity contribution in [1.82, 2.24) is 5.01 Å². The SMILES string of the molecule is C=CN(C)/N=N\C(=C)S(C)(=O)=O. The maximum Gasteiger partial charge on any atom is 0.194 e. The summed E-state index contributed by atoms with van der Waals surface area (Å²) < 4.78 is 21.5. The lowest BCUT2D eigenvalue weighted by Crippen LogP contribution is -2.01. The molecule has 0 fully saturated rings. The van der Waals surface area contributed by atoms with Gasteiger partial charge < -0.3 is 0 Å². The molecule has 0 amide bonds. The van der Waals surface area contributed by atoms with Gasteiger partial charge in [-0.2, -0.15) is 0 Å². The van der Waals surface area contributed by atoms with E-state index in [0.29, 0.717) is 0 Å². The fourth-order valence-corrected chi connectivity index (χ4v) is 0.416. The summed E-state index contributed by atoms with van der Waals surface area (Å²) in [5.41, 5.74) is 0. The summed E-state index contributed by atoms with van der Waals surface area (Å²) >= 11 is 0. The smallest absolute Gasteiger partial charge is 0.194 e. The average molecular weight is 189 g/mol. The van der Waals surface area contributed by atoms with Crippen LogP contribution in [0.25, 0.3) is 0 Å². The van der Waals surface area contributed by atoms with Gasteiger partial charge in [0.1, 0.15) is 0 Å². The van der Waals surface area contributed by atoms with E-state index in [1.54, 1.807) is 7.05 Å². The van der Waals surface area contributed by atoms with Gasteiger partial charge in [0.05, 0.1) is 0 Å². The molecule has 0 N–H and O–H groups in total. The van der Waals surface area contributed by atoms with E-state index in [9.17, 15) is 8.42 Å². The topological polar surface area (TPSA) is 62.1 Å². The third kappa shape index (κ3) is 3.87. The summed E-state index contributed by atoms with van der Waals surface area (Å²) in [7, 11) is -1.75. The monoisotopic (exact) mass is 189 g/mol. The summed E-state index contributed by atoms with van der Waals surface area (Å²) in [5, 5.41) is 7.84. The highest BCUT2D eigenvalue weighted by Gasteiger charge is 2.06. The molecule has 5 nitrogen and oxygen atoms in total. The van der Waals surface area contributed by atoms with Gasteiger partial charge in [0.2, 0.25) is 0 Å². The maximum absolute atomic E-state index is 10.7. The lowest BCUT2D eigenvalue weighted by atomic mass is 11.0. The lowest BCUT2D eigenvalue weighted by molar-refractivity contribution is 0.456. The van der Waals surface area contributed by atoms with Gasteiger partial charge in [0.15, 0.2) is 14.9 Å². The first kappa shape index (κ1) is 10.8. The Labute approximate surface area is 72.0 Å². The van der Waals surface area contributed by atoms with Gasteiger partial charge in [-0.25, -0.2) is 8.42 Å².